The number of nitrogens with zero attached hydrogens (tertiary/aromatic N) is 1. The zero-order chi connectivity index (χ0) is 22.1. The highest BCUT2D eigenvalue weighted by Crippen LogP contribution is 2.46. The molecule has 0 aromatic heterocycles. The van der Waals surface area contributed by atoms with Crippen LogP contribution in [0.3, 0.4) is 0 Å². The summed E-state index contributed by atoms with van der Waals surface area (Å²) >= 11 is 0. The van der Waals surface area contributed by atoms with Gasteiger partial charge in [0, 0.05) is 38.1 Å². The highest BCUT2D eigenvalue weighted by molar-refractivity contribution is 6.86. The molecule has 1 aromatic rings. The first-order valence-electron chi connectivity index (χ1n) is 11.5. The SMILES string of the molecule is CCO[Si](CCN(c1ccccc1)[Si](C(C)C)(C(C)C)C(C)C)(OCC)OCC. The quantitative estimate of drug-likeness (QED) is 0.301. The molecule has 4 nitrogen and oxygen atoms in total. The van der Waals surface area contributed by atoms with Crippen molar-refractivity contribution in [1.29, 1.82) is 0 Å². The summed E-state index contributed by atoms with van der Waals surface area (Å²) in [6.45, 7) is 23.4. The third kappa shape index (κ3) is 6.17. The Hall–Kier alpha value is -0.666. The molecule has 0 atom stereocenters. The van der Waals surface area contributed by atoms with Crippen LogP contribution in [-0.2, 0) is 13.3 Å². The van der Waals surface area contributed by atoms with E-state index in [2.05, 4.69) is 76.4 Å². The molecule has 0 fully saturated rings. The van der Waals surface area contributed by atoms with Crippen molar-refractivity contribution < 1.29 is 13.3 Å². The van der Waals surface area contributed by atoms with Crippen LogP contribution < -0.4 is 4.57 Å². The Morgan fingerprint density at radius 2 is 1.14 bits per heavy atom. The van der Waals surface area contributed by atoms with Crippen molar-refractivity contribution in [3.63, 3.8) is 0 Å². The standard InChI is InChI=1S/C23H45NO3Si2/c1-10-25-28(26-11-2,27-12-3)19-18-24(23-16-14-13-15-17-23)29(20(4)5,21(6)7)22(8)9/h13-17,20-22H,10-12,18-19H2,1-9H3. The fourth-order valence-electron chi connectivity index (χ4n) is 5.34. The number of anilines is 1. The van der Waals surface area contributed by atoms with Crippen molar-refractivity contribution in [3.8, 4) is 0 Å². The average molecular weight is 440 g/mol. The minimum absolute atomic E-state index is 0.624. The molecule has 1 aromatic carbocycles. The number of rotatable bonds is 14. The lowest BCUT2D eigenvalue weighted by Crippen LogP contribution is -2.62. The van der Waals surface area contributed by atoms with Gasteiger partial charge in [0.1, 0.15) is 0 Å². The number of hydrogen-bond acceptors (Lipinski definition) is 4. The predicted molar refractivity (Wildman–Crippen MR) is 130 cm³/mol. The van der Waals surface area contributed by atoms with Crippen LogP contribution in [0.4, 0.5) is 5.69 Å². The van der Waals surface area contributed by atoms with Crippen molar-refractivity contribution >= 4 is 22.7 Å². The predicted octanol–water partition coefficient (Wildman–Crippen LogP) is 6.72. The van der Waals surface area contributed by atoms with E-state index < -0.39 is 17.0 Å². The van der Waals surface area contributed by atoms with Gasteiger partial charge in [-0.1, -0.05) is 59.7 Å². The second-order valence-corrected chi connectivity index (χ2v) is 17.1. The summed E-state index contributed by atoms with van der Waals surface area (Å²) in [7, 11) is -4.57. The van der Waals surface area contributed by atoms with Crippen molar-refractivity contribution in [3.05, 3.63) is 30.3 Å². The molecule has 0 saturated carbocycles. The molecule has 29 heavy (non-hydrogen) atoms. The van der Waals surface area contributed by atoms with E-state index in [0.29, 0.717) is 36.4 Å². The van der Waals surface area contributed by atoms with Gasteiger partial charge >= 0.3 is 8.80 Å². The molecule has 0 aliphatic carbocycles. The topological polar surface area (TPSA) is 30.9 Å². The van der Waals surface area contributed by atoms with Gasteiger partial charge in [0.2, 0.25) is 0 Å². The maximum atomic E-state index is 6.17. The first-order chi connectivity index (χ1) is 13.7. The number of hydrogen-bond donors (Lipinski definition) is 0. The molecule has 0 saturated heterocycles. The van der Waals surface area contributed by atoms with Crippen LogP contribution in [0.25, 0.3) is 0 Å². The highest BCUT2D eigenvalue weighted by atomic mass is 28.4. The highest BCUT2D eigenvalue weighted by Gasteiger charge is 2.50. The van der Waals surface area contributed by atoms with Crippen LogP contribution in [0.15, 0.2) is 30.3 Å². The van der Waals surface area contributed by atoms with Gasteiger partial charge in [0.25, 0.3) is 0 Å². The Kier molecular flexibility index (Phi) is 11.1. The van der Waals surface area contributed by atoms with Crippen LogP contribution in [0.2, 0.25) is 22.7 Å². The molecule has 0 heterocycles. The van der Waals surface area contributed by atoms with Crippen LogP contribution in [0.1, 0.15) is 62.3 Å². The molecule has 0 unspecified atom stereocenters. The molecule has 0 spiro atoms. The van der Waals surface area contributed by atoms with Crippen molar-refractivity contribution in [2.75, 3.05) is 30.9 Å². The summed E-state index contributed by atoms with van der Waals surface area (Å²) in [6, 6.07) is 11.8. The molecule has 6 heteroatoms. The monoisotopic (exact) mass is 439 g/mol. The van der Waals surface area contributed by atoms with E-state index in [9.17, 15) is 0 Å². The molecule has 0 N–H and O–H groups in total. The molecule has 0 aliphatic heterocycles. The molecule has 168 valence electrons. The molecule has 0 radical (unpaired) electrons. The number of benzene rings is 1. The van der Waals surface area contributed by atoms with Gasteiger partial charge in [-0.2, -0.15) is 0 Å². The molecule has 1 rings (SSSR count). The number of para-hydroxylation sites is 1. The van der Waals surface area contributed by atoms with Gasteiger partial charge in [-0.3, -0.25) is 0 Å². The van der Waals surface area contributed by atoms with Gasteiger partial charge in [0.15, 0.2) is 8.24 Å². The second-order valence-electron chi connectivity index (χ2n) is 8.57. The summed E-state index contributed by atoms with van der Waals surface area (Å²) < 4.78 is 21.3. The summed E-state index contributed by atoms with van der Waals surface area (Å²) in [5, 5.41) is 0. The smallest absolute Gasteiger partial charge is 0.397 e. The fraction of sp³-hybridized carbons (Fsp3) is 0.739. The van der Waals surface area contributed by atoms with Gasteiger partial charge in [-0.15, -0.1) is 0 Å². The maximum absolute atomic E-state index is 6.17. The summed E-state index contributed by atoms with van der Waals surface area (Å²) in [6.07, 6.45) is 0. The first-order valence-corrected chi connectivity index (χ1v) is 15.6. The average Bonchev–Trinajstić information content (AvgIpc) is 2.65. The van der Waals surface area contributed by atoms with E-state index in [4.69, 9.17) is 13.3 Å². The Morgan fingerprint density at radius 1 is 0.724 bits per heavy atom. The van der Waals surface area contributed by atoms with E-state index in [1.165, 1.54) is 5.69 Å². The van der Waals surface area contributed by atoms with Gasteiger partial charge in [-0.25, -0.2) is 0 Å². The zero-order valence-electron chi connectivity index (χ0n) is 20.3. The van der Waals surface area contributed by atoms with Gasteiger partial charge in [-0.05, 0) is 49.5 Å². The van der Waals surface area contributed by atoms with Gasteiger partial charge < -0.3 is 17.8 Å². The molecule has 0 aliphatic rings. The van der Waals surface area contributed by atoms with Crippen LogP contribution >= 0.6 is 0 Å². The Morgan fingerprint density at radius 3 is 1.48 bits per heavy atom. The third-order valence-electron chi connectivity index (χ3n) is 6.04. The summed E-state index contributed by atoms with van der Waals surface area (Å²) in [4.78, 5) is 0. The minimum Gasteiger partial charge on any atom is -0.397 e. The van der Waals surface area contributed by atoms with Crippen LogP contribution in [0.5, 0.6) is 0 Å². The van der Waals surface area contributed by atoms with Gasteiger partial charge in [0.05, 0.1) is 0 Å². The first kappa shape index (κ1) is 26.4. The lowest BCUT2D eigenvalue weighted by Gasteiger charge is -2.52. The van der Waals surface area contributed by atoms with Crippen molar-refractivity contribution in [2.24, 2.45) is 0 Å². The summed E-state index contributed by atoms with van der Waals surface area (Å²) in [5.41, 5.74) is 3.21. The second kappa shape index (κ2) is 12.3. The molecular formula is C23H45NO3Si2. The van der Waals surface area contributed by atoms with Crippen LogP contribution in [0, 0.1) is 0 Å². The summed E-state index contributed by atoms with van der Waals surface area (Å²) in [5.74, 6) is 0. The lowest BCUT2D eigenvalue weighted by atomic mass is 10.3. The minimum atomic E-state index is -2.69. The van der Waals surface area contributed by atoms with E-state index >= 15 is 0 Å². The fourth-order valence-corrected chi connectivity index (χ4v) is 15.0. The largest absolute Gasteiger partial charge is 0.502 e. The molecule has 0 bridgehead atoms. The van der Waals surface area contributed by atoms with E-state index in [1.807, 2.05) is 20.8 Å². The Balaban J connectivity index is 3.42. The Bertz CT molecular complexity index is 528. The van der Waals surface area contributed by atoms with Crippen molar-refractivity contribution in [2.45, 2.75) is 85.0 Å². The Labute approximate surface area is 182 Å². The van der Waals surface area contributed by atoms with E-state index in [1.54, 1.807) is 0 Å². The molecule has 0 amide bonds. The van der Waals surface area contributed by atoms with Crippen molar-refractivity contribution in [1.82, 2.24) is 0 Å². The normalized spacial score (nSPS) is 13.0. The zero-order valence-corrected chi connectivity index (χ0v) is 22.3. The third-order valence-corrected chi connectivity index (χ3v) is 16.0. The van der Waals surface area contributed by atoms with Crippen LogP contribution in [-0.4, -0.2) is 43.4 Å². The lowest BCUT2D eigenvalue weighted by molar-refractivity contribution is 0.0720. The molecular weight excluding hydrogens is 394 g/mol. The van der Waals surface area contributed by atoms with E-state index in [0.717, 1.165) is 12.6 Å². The van der Waals surface area contributed by atoms with E-state index in [-0.39, 0.29) is 0 Å². The maximum Gasteiger partial charge on any atom is 0.502 e.